The first-order chi connectivity index (χ1) is 6.63. The number of nitrogens with zero attached hydrogens (tertiary/aromatic N) is 1. The topological polar surface area (TPSA) is 49.4 Å². The molecule has 1 N–H and O–H groups in total. The van der Waals surface area contributed by atoms with Gasteiger partial charge in [-0.1, -0.05) is 20.8 Å². The summed E-state index contributed by atoms with van der Waals surface area (Å²) < 4.78 is 25.2. The van der Waals surface area contributed by atoms with Crippen LogP contribution in [0.2, 0.25) is 0 Å². The first kappa shape index (κ1) is 14.9. The van der Waals surface area contributed by atoms with Gasteiger partial charge in [0.05, 0.1) is 5.75 Å². The summed E-state index contributed by atoms with van der Waals surface area (Å²) in [5.41, 5.74) is -0.0402. The van der Waals surface area contributed by atoms with Gasteiger partial charge in [0.1, 0.15) is 0 Å². The van der Waals surface area contributed by atoms with Crippen molar-refractivity contribution >= 4 is 10.0 Å². The second-order valence-electron chi connectivity index (χ2n) is 4.98. The van der Waals surface area contributed by atoms with Crippen LogP contribution >= 0.6 is 0 Å². The third-order valence-electron chi connectivity index (χ3n) is 2.85. The van der Waals surface area contributed by atoms with E-state index in [1.165, 1.54) is 4.31 Å². The molecule has 15 heavy (non-hydrogen) atoms. The Hall–Kier alpha value is -0.130. The molecule has 1 unspecified atom stereocenters. The number of nitrogens with one attached hydrogen (secondary N) is 1. The van der Waals surface area contributed by atoms with E-state index in [2.05, 4.69) is 5.32 Å². The largest absolute Gasteiger partial charge is 0.319 e. The van der Waals surface area contributed by atoms with Crippen molar-refractivity contribution in [3.63, 3.8) is 0 Å². The van der Waals surface area contributed by atoms with Gasteiger partial charge in [-0.2, -0.15) is 0 Å². The number of rotatable bonds is 5. The molecule has 5 heteroatoms. The van der Waals surface area contributed by atoms with Crippen molar-refractivity contribution < 1.29 is 8.42 Å². The van der Waals surface area contributed by atoms with E-state index in [-0.39, 0.29) is 17.2 Å². The first-order valence-corrected chi connectivity index (χ1v) is 6.84. The second kappa shape index (κ2) is 5.27. The lowest BCUT2D eigenvalue weighted by Crippen LogP contribution is -2.44. The van der Waals surface area contributed by atoms with Crippen molar-refractivity contribution in [2.75, 3.05) is 26.4 Å². The normalized spacial score (nSPS) is 15.7. The Bertz CT molecular complexity index is 280. The highest BCUT2D eigenvalue weighted by Gasteiger charge is 2.30. The van der Waals surface area contributed by atoms with E-state index >= 15 is 0 Å². The second-order valence-corrected chi connectivity index (χ2v) is 7.13. The first-order valence-electron chi connectivity index (χ1n) is 5.23. The van der Waals surface area contributed by atoms with Gasteiger partial charge in [-0.3, -0.25) is 0 Å². The summed E-state index contributed by atoms with van der Waals surface area (Å²) in [6.45, 7) is 8.56. The van der Waals surface area contributed by atoms with Crippen LogP contribution in [-0.4, -0.2) is 45.2 Å². The smallest absolute Gasteiger partial charge is 0.215 e. The van der Waals surface area contributed by atoms with Gasteiger partial charge in [-0.25, -0.2) is 12.7 Å². The molecular formula is C10H24N2O2S. The molecule has 0 fully saturated rings. The highest BCUT2D eigenvalue weighted by atomic mass is 32.2. The van der Waals surface area contributed by atoms with Gasteiger partial charge in [0.2, 0.25) is 10.0 Å². The zero-order valence-corrected chi connectivity index (χ0v) is 11.5. The van der Waals surface area contributed by atoms with Crippen LogP contribution in [0, 0.1) is 5.41 Å². The van der Waals surface area contributed by atoms with Gasteiger partial charge >= 0.3 is 0 Å². The summed E-state index contributed by atoms with van der Waals surface area (Å²) in [6, 6.07) is -0.000596. The predicted octanol–water partition coefficient (Wildman–Crippen LogP) is 0.902. The van der Waals surface area contributed by atoms with Gasteiger partial charge in [-0.05, 0) is 19.4 Å². The van der Waals surface area contributed by atoms with Crippen LogP contribution in [0.4, 0.5) is 0 Å². The van der Waals surface area contributed by atoms with Crippen LogP contribution in [0.5, 0.6) is 0 Å². The lowest BCUT2D eigenvalue weighted by atomic mass is 9.88. The van der Waals surface area contributed by atoms with Gasteiger partial charge in [0.25, 0.3) is 0 Å². The molecule has 0 heterocycles. The number of hydrogen-bond acceptors (Lipinski definition) is 3. The fraction of sp³-hybridized carbons (Fsp3) is 1.00. The Morgan fingerprint density at radius 3 is 2.13 bits per heavy atom. The van der Waals surface area contributed by atoms with Crippen LogP contribution in [0.3, 0.4) is 0 Å². The molecular weight excluding hydrogens is 212 g/mol. The molecule has 0 saturated carbocycles. The Morgan fingerprint density at radius 1 is 1.33 bits per heavy atom. The Kier molecular flexibility index (Phi) is 5.23. The Labute approximate surface area is 94.1 Å². The van der Waals surface area contributed by atoms with Crippen LogP contribution in [0.1, 0.15) is 27.7 Å². The van der Waals surface area contributed by atoms with E-state index in [1.807, 2.05) is 27.7 Å². The molecule has 0 aromatic carbocycles. The highest BCUT2D eigenvalue weighted by Crippen LogP contribution is 2.24. The summed E-state index contributed by atoms with van der Waals surface area (Å²) in [5.74, 6) is 0.153. The molecule has 0 aliphatic rings. The minimum absolute atomic E-state index is 0.000596. The maximum atomic E-state index is 11.9. The summed E-state index contributed by atoms with van der Waals surface area (Å²) in [7, 11) is 0.272. The fourth-order valence-corrected chi connectivity index (χ4v) is 2.71. The molecule has 0 saturated heterocycles. The van der Waals surface area contributed by atoms with Crippen LogP contribution < -0.4 is 5.32 Å². The van der Waals surface area contributed by atoms with Crippen molar-refractivity contribution in [1.29, 1.82) is 0 Å². The standard InChI is InChI=1S/C10H24N2O2S/c1-9(10(2,3)4)12(6)15(13,14)8-7-11-5/h9,11H,7-8H2,1-6H3. The minimum atomic E-state index is -3.13. The van der Waals surface area contributed by atoms with E-state index < -0.39 is 10.0 Å². The van der Waals surface area contributed by atoms with E-state index in [4.69, 9.17) is 0 Å². The maximum Gasteiger partial charge on any atom is 0.215 e. The van der Waals surface area contributed by atoms with E-state index in [0.29, 0.717) is 6.54 Å². The van der Waals surface area contributed by atoms with Gasteiger partial charge in [0, 0.05) is 19.6 Å². The molecule has 0 aliphatic heterocycles. The average Bonchev–Trinajstić information content (AvgIpc) is 2.10. The van der Waals surface area contributed by atoms with Crippen LogP contribution in [0.25, 0.3) is 0 Å². The molecule has 0 bridgehead atoms. The summed E-state index contributed by atoms with van der Waals surface area (Å²) in [5, 5.41) is 2.85. The molecule has 92 valence electrons. The average molecular weight is 236 g/mol. The van der Waals surface area contributed by atoms with Gasteiger partial charge in [0.15, 0.2) is 0 Å². The molecule has 0 spiro atoms. The molecule has 4 nitrogen and oxygen atoms in total. The summed E-state index contributed by atoms with van der Waals surface area (Å²) in [4.78, 5) is 0. The summed E-state index contributed by atoms with van der Waals surface area (Å²) in [6.07, 6.45) is 0. The third kappa shape index (κ3) is 4.49. The molecule has 1 atom stereocenters. The van der Waals surface area contributed by atoms with Crippen molar-refractivity contribution in [1.82, 2.24) is 9.62 Å². The predicted molar refractivity (Wildman–Crippen MR) is 64.4 cm³/mol. The Morgan fingerprint density at radius 2 is 1.80 bits per heavy atom. The molecule has 0 radical (unpaired) electrons. The molecule has 0 aromatic heterocycles. The number of sulfonamides is 1. The van der Waals surface area contributed by atoms with Crippen molar-refractivity contribution in [2.24, 2.45) is 5.41 Å². The van der Waals surface area contributed by atoms with E-state index in [1.54, 1.807) is 14.1 Å². The third-order valence-corrected chi connectivity index (χ3v) is 4.76. The Balaban J connectivity index is 4.63. The van der Waals surface area contributed by atoms with Gasteiger partial charge < -0.3 is 5.32 Å². The zero-order chi connectivity index (χ0) is 12.3. The number of hydrogen-bond donors (Lipinski definition) is 1. The summed E-state index contributed by atoms with van der Waals surface area (Å²) >= 11 is 0. The fourth-order valence-electron chi connectivity index (χ4n) is 1.16. The highest BCUT2D eigenvalue weighted by molar-refractivity contribution is 7.89. The van der Waals surface area contributed by atoms with Crippen LogP contribution in [-0.2, 0) is 10.0 Å². The molecule has 0 aromatic rings. The van der Waals surface area contributed by atoms with Crippen molar-refractivity contribution in [3.05, 3.63) is 0 Å². The lowest BCUT2D eigenvalue weighted by Gasteiger charge is -2.34. The van der Waals surface area contributed by atoms with Crippen LogP contribution in [0.15, 0.2) is 0 Å². The molecule has 0 aliphatic carbocycles. The van der Waals surface area contributed by atoms with Crippen molar-refractivity contribution in [3.8, 4) is 0 Å². The van der Waals surface area contributed by atoms with E-state index in [9.17, 15) is 8.42 Å². The maximum absolute atomic E-state index is 11.9. The van der Waals surface area contributed by atoms with Gasteiger partial charge in [-0.15, -0.1) is 0 Å². The quantitative estimate of drug-likeness (QED) is 0.771. The van der Waals surface area contributed by atoms with Crippen molar-refractivity contribution in [2.45, 2.75) is 33.7 Å². The SMILES string of the molecule is CNCCS(=O)(=O)N(C)C(C)C(C)(C)C. The monoisotopic (exact) mass is 236 g/mol. The molecule has 0 amide bonds. The van der Waals surface area contributed by atoms with E-state index in [0.717, 1.165) is 0 Å². The zero-order valence-electron chi connectivity index (χ0n) is 10.7. The molecule has 0 rings (SSSR count). The lowest BCUT2D eigenvalue weighted by molar-refractivity contribution is 0.216. The minimum Gasteiger partial charge on any atom is -0.319 e.